The molecule has 4 rings (SSSR count). The van der Waals surface area contributed by atoms with Crippen molar-refractivity contribution in [3.8, 4) is 16.9 Å². The van der Waals surface area contributed by atoms with Crippen LogP contribution in [0.5, 0.6) is 5.75 Å². The molecule has 134 valence electrons. The molecule has 0 bridgehead atoms. The number of benzene rings is 3. The Labute approximate surface area is 166 Å². The number of halogens is 1. The van der Waals surface area contributed by atoms with Crippen molar-refractivity contribution in [2.75, 3.05) is 0 Å². The van der Waals surface area contributed by atoms with Gasteiger partial charge >= 0.3 is 0 Å². The molecule has 0 amide bonds. The van der Waals surface area contributed by atoms with E-state index < -0.39 is 0 Å². The van der Waals surface area contributed by atoms with Gasteiger partial charge in [0.05, 0.1) is 4.88 Å². The highest BCUT2D eigenvalue weighted by molar-refractivity contribution is 7.20. The van der Waals surface area contributed by atoms with E-state index in [1.807, 2.05) is 48.5 Å². The zero-order valence-electron chi connectivity index (χ0n) is 14.4. The largest absolute Gasteiger partial charge is 0.489 e. The topological polar surface area (TPSA) is 59.1 Å². The molecule has 0 aliphatic carbocycles. The number of ether oxygens (including phenoxy) is 1. The van der Waals surface area contributed by atoms with Crippen molar-refractivity contribution >= 4 is 38.9 Å². The van der Waals surface area contributed by atoms with Crippen LogP contribution in [-0.2, 0) is 6.61 Å². The number of nitrogens with one attached hydrogen (secondary N) is 1. The lowest BCUT2D eigenvalue weighted by atomic mass is 10.0. The third-order valence-corrected chi connectivity index (χ3v) is 5.63. The van der Waals surface area contributed by atoms with Crippen LogP contribution in [0.1, 0.15) is 10.4 Å². The first-order chi connectivity index (χ1) is 13.1. The van der Waals surface area contributed by atoms with E-state index in [1.165, 1.54) is 11.3 Å². The van der Waals surface area contributed by atoms with Gasteiger partial charge in [0.1, 0.15) is 18.2 Å². The second-order valence-electron chi connectivity index (χ2n) is 6.22. The summed E-state index contributed by atoms with van der Waals surface area (Å²) in [6, 6.07) is 23.9. The van der Waals surface area contributed by atoms with Gasteiger partial charge in [-0.05, 0) is 64.5 Å². The summed E-state index contributed by atoms with van der Waals surface area (Å²) in [5, 5.41) is 9.41. The minimum absolute atomic E-state index is 0.106. The van der Waals surface area contributed by atoms with Crippen molar-refractivity contribution in [2.24, 2.45) is 5.73 Å². The standard InChI is InChI=1S/C22H17ClN2OS/c23-18-5-1-3-14(9-18)13-26-19-6-2-4-15(11-19)16-7-8-20-17(10-16)12-21(27-20)22(24)25/h1-12H,13H2,(H3,24,25). The van der Waals surface area contributed by atoms with Crippen molar-refractivity contribution in [1.82, 2.24) is 0 Å². The van der Waals surface area contributed by atoms with E-state index >= 15 is 0 Å². The molecule has 3 nitrogen and oxygen atoms in total. The lowest BCUT2D eigenvalue weighted by molar-refractivity contribution is 0.306. The zero-order valence-corrected chi connectivity index (χ0v) is 16.0. The Kier molecular flexibility index (Phi) is 4.84. The third kappa shape index (κ3) is 3.97. The van der Waals surface area contributed by atoms with Crippen LogP contribution in [-0.4, -0.2) is 5.84 Å². The lowest BCUT2D eigenvalue weighted by Gasteiger charge is -2.09. The first-order valence-electron chi connectivity index (χ1n) is 8.44. The first-order valence-corrected chi connectivity index (χ1v) is 9.63. The van der Waals surface area contributed by atoms with Crippen molar-refractivity contribution < 1.29 is 4.74 Å². The zero-order chi connectivity index (χ0) is 18.8. The van der Waals surface area contributed by atoms with Gasteiger partial charge in [0, 0.05) is 9.72 Å². The van der Waals surface area contributed by atoms with E-state index in [9.17, 15) is 0 Å². The molecule has 0 radical (unpaired) electrons. The van der Waals surface area contributed by atoms with Crippen LogP contribution in [0, 0.1) is 5.41 Å². The molecule has 4 aromatic rings. The number of rotatable bonds is 5. The van der Waals surface area contributed by atoms with Gasteiger partial charge in [0.15, 0.2) is 0 Å². The van der Waals surface area contributed by atoms with Crippen LogP contribution in [0.2, 0.25) is 5.02 Å². The maximum atomic E-state index is 7.61. The number of fused-ring (bicyclic) bond motifs is 1. The van der Waals surface area contributed by atoms with Gasteiger partial charge in [-0.15, -0.1) is 11.3 Å². The first kappa shape index (κ1) is 17.6. The van der Waals surface area contributed by atoms with Crippen molar-refractivity contribution in [2.45, 2.75) is 6.61 Å². The third-order valence-electron chi connectivity index (χ3n) is 4.24. The summed E-state index contributed by atoms with van der Waals surface area (Å²) in [5.41, 5.74) is 8.82. The summed E-state index contributed by atoms with van der Waals surface area (Å²) < 4.78 is 7.05. The van der Waals surface area contributed by atoms with Crippen LogP contribution >= 0.6 is 22.9 Å². The number of nitrogens with two attached hydrogens (primary N) is 1. The SMILES string of the molecule is N=C(N)c1cc2cc(-c3cccc(OCc4cccc(Cl)c4)c3)ccc2s1. The fourth-order valence-electron chi connectivity index (χ4n) is 2.91. The monoisotopic (exact) mass is 392 g/mol. The Morgan fingerprint density at radius 2 is 1.78 bits per heavy atom. The average Bonchev–Trinajstić information content (AvgIpc) is 3.10. The molecule has 1 aromatic heterocycles. The number of hydrogen-bond acceptors (Lipinski definition) is 3. The summed E-state index contributed by atoms with van der Waals surface area (Å²) in [6.07, 6.45) is 0. The Hall–Kier alpha value is -2.82. The molecule has 1 heterocycles. The molecule has 0 saturated carbocycles. The van der Waals surface area contributed by atoms with Gasteiger partial charge < -0.3 is 10.5 Å². The molecule has 5 heteroatoms. The average molecular weight is 393 g/mol. The van der Waals surface area contributed by atoms with Crippen LogP contribution < -0.4 is 10.5 Å². The summed E-state index contributed by atoms with van der Waals surface area (Å²) in [7, 11) is 0. The van der Waals surface area contributed by atoms with E-state index in [0.717, 1.165) is 37.4 Å². The summed E-state index contributed by atoms with van der Waals surface area (Å²) in [6.45, 7) is 0.468. The highest BCUT2D eigenvalue weighted by Crippen LogP contribution is 2.31. The predicted octanol–water partition coefficient (Wildman–Crippen LogP) is 6.08. The van der Waals surface area contributed by atoms with Gasteiger partial charge in [-0.3, -0.25) is 5.41 Å². The quantitative estimate of drug-likeness (QED) is 0.319. The van der Waals surface area contributed by atoms with Crippen LogP contribution in [0.15, 0.2) is 72.8 Å². The summed E-state index contributed by atoms with van der Waals surface area (Å²) >= 11 is 7.56. The second kappa shape index (κ2) is 7.43. The molecule has 0 fully saturated rings. The number of amidine groups is 1. The molecule has 0 aliphatic rings. The molecule has 0 unspecified atom stereocenters. The molecule has 0 saturated heterocycles. The van der Waals surface area contributed by atoms with E-state index in [2.05, 4.69) is 24.3 Å². The van der Waals surface area contributed by atoms with Gasteiger partial charge in [-0.2, -0.15) is 0 Å². The molecule has 3 aromatic carbocycles. The molecule has 0 atom stereocenters. The van der Waals surface area contributed by atoms with Gasteiger partial charge in [0.25, 0.3) is 0 Å². The Bertz CT molecular complexity index is 1140. The fourth-order valence-corrected chi connectivity index (χ4v) is 4.03. The molecule has 27 heavy (non-hydrogen) atoms. The van der Waals surface area contributed by atoms with Crippen LogP contribution in [0.3, 0.4) is 0 Å². The minimum Gasteiger partial charge on any atom is -0.489 e. The number of thiophene rings is 1. The van der Waals surface area contributed by atoms with E-state index in [4.69, 9.17) is 27.5 Å². The molecule has 0 aliphatic heterocycles. The summed E-state index contributed by atoms with van der Waals surface area (Å²) in [4.78, 5) is 0.792. The normalized spacial score (nSPS) is 10.9. The highest BCUT2D eigenvalue weighted by atomic mass is 35.5. The number of hydrogen-bond donors (Lipinski definition) is 2. The smallest absolute Gasteiger partial charge is 0.133 e. The van der Waals surface area contributed by atoms with Gasteiger partial charge in [-0.1, -0.05) is 41.9 Å². The Morgan fingerprint density at radius 3 is 2.59 bits per heavy atom. The number of nitrogen functional groups attached to an aromatic ring is 1. The maximum absolute atomic E-state index is 7.61. The second-order valence-corrected chi connectivity index (χ2v) is 7.74. The molecular formula is C22H17ClN2OS. The van der Waals surface area contributed by atoms with E-state index in [-0.39, 0.29) is 5.84 Å². The maximum Gasteiger partial charge on any atom is 0.133 e. The van der Waals surface area contributed by atoms with Crippen LogP contribution in [0.4, 0.5) is 0 Å². The minimum atomic E-state index is 0.106. The van der Waals surface area contributed by atoms with Gasteiger partial charge in [-0.25, -0.2) is 0 Å². The van der Waals surface area contributed by atoms with Gasteiger partial charge in [0.2, 0.25) is 0 Å². The summed E-state index contributed by atoms with van der Waals surface area (Å²) in [5.74, 6) is 0.913. The Balaban J connectivity index is 1.58. The Morgan fingerprint density at radius 1 is 0.963 bits per heavy atom. The highest BCUT2D eigenvalue weighted by Gasteiger charge is 2.07. The van der Waals surface area contributed by atoms with Crippen LogP contribution in [0.25, 0.3) is 21.2 Å². The van der Waals surface area contributed by atoms with E-state index in [1.54, 1.807) is 0 Å². The fraction of sp³-hybridized carbons (Fsp3) is 0.0455. The molecule has 3 N–H and O–H groups in total. The van der Waals surface area contributed by atoms with Crippen molar-refractivity contribution in [1.29, 1.82) is 5.41 Å². The lowest BCUT2D eigenvalue weighted by Crippen LogP contribution is -2.08. The molecule has 0 spiro atoms. The van der Waals surface area contributed by atoms with Crippen molar-refractivity contribution in [3.63, 3.8) is 0 Å². The van der Waals surface area contributed by atoms with E-state index in [0.29, 0.717) is 11.6 Å². The predicted molar refractivity (Wildman–Crippen MR) is 114 cm³/mol. The van der Waals surface area contributed by atoms with Crippen molar-refractivity contribution in [3.05, 3.63) is 88.3 Å². The molecular weight excluding hydrogens is 376 g/mol.